The molecular formula is C16H17N3. The van der Waals surface area contributed by atoms with Crippen LogP contribution in [0.1, 0.15) is 18.1 Å². The van der Waals surface area contributed by atoms with Gasteiger partial charge in [-0.3, -0.25) is 4.57 Å². The average molecular weight is 251 g/mol. The highest BCUT2D eigenvalue weighted by Crippen LogP contribution is 2.27. The zero-order chi connectivity index (χ0) is 13.4. The molecule has 0 fully saturated rings. The van der Waals surface area contributed by atoms with Crippen molar-refractivity contribution in [1.29, 1.82) is 0 Å². The van der Waals surface area contributed by atoms with Crippen molar-refractivity contribution >= 4 is 17.0 Å². The third kappa shape index (κ3) is 1.78. The van der Waals surface area contributed by atoms with Crippen LogP contribution in [0.25, 0.3) is 16.7 Å². The number of benzene rings is 2. The molecular weight excluding hydrogens is 234 g/mol. The summed E-state index contributed by atoms with van der Waals surface area (Å²) in [6, 6.07) is 14.4. The van der Waals surface area contributed by atoms with Crippen LogP contribution in [0, 0.1) is 6.92 Å². The molecule has 3 nitrogen and oxygen atoms in total. The summed E-state index contributed by atoms with van der Waals surface area (Å²) in [5.41, 5.74) is 11.8. The quantitative estimate of drug-likeness (QED) is 0.757. The fourth-order valence-corrected chi connectivity index (χ4v) is 2.58. The number of nitrogen functional groups attached to an aromatic ring is 1. The van der Waals surface area contributed by atoms with Gasteiger partial charge in [0.1, 0.15) is 0 Å². The van der Waals surface area contributed by atoms with Gasteiger partial charge in [0.2, 0.25) is 5.95 Å². The van der Waals surface area contributed by atoms with Crippen molar-refractivity contribution in [2.24, 2.45) is 0 Å². The van der Waals surface area contributed by atoms with Crippen LogP contribution in [0.15, 0.2) is 42.5 Å². The minimum atomic E-state index is 0.546. The summed E-state index contributed by atoms with van der Waals surface area (Å²) >= 11 is 0. The first-order valence-electron chi connectivity index (χ1n) is 6.54. The molecule has 2 aromatic carbocycles. The van der Waals surface area contributed by atoms with E-state index >= 15 is 0 Å². The lowest BCUT2D eigenvalue weighted by Crippen LogP contribution is -2.04. The topological polar surface area (TPSA) is 43.8 Å². The molecule has 0 saturated carbocycles. The SMILES string of the molecule is CCc1ccccc1-n1c(N)nc2cccc(C)c21. The van der Waals surface area contributed by atoms with Gasteiger partial charge in [0.25, 0.3) is 0 Å². The van der Waals surface area contributed by atoms with Crippen LogP contribution in [-0.2, 0) is 6.42 Å². The van der Waals surface area contributed by atoms with E-state index in [0.29, 0.717) is 5.95 Å². The van der Waals surface area contributed by atoms with E-state index in [1.54, 1.807) is 0 Å². The van der Waals surface area contributed by atoms with E-state index in [2.05, 4.69) is 47.7 Å². The lowest BCUT2D eigenvalue weighted by Gasteiger charge is -2.12. The second-order valence-electron chi connectivity index (χ2n) is 4.73. The number of hydrogen-bond donors (Lipinski definition) is 1. The number of nitrogens with two attached hydrogens (primary N) is 1. The lowest BCUT2D eigenvalue weighted by molar-refractivity contribution is 1.03. The van der Waals surface area contributed by atoms with Crippen LogP contribution in [0.5, 0.6) is 0 Å². The minimum absolute atomic E-state index is 0.546. The number of fused-ring (bicyclic) bond motifs is 1. The summed E-state index contributed by atoms with van der Waals surface area (Å²) in [5.74, 6) is 0.546. The zero-order valence-corrected chi connectivity index (χ0v) is 11.2. The number of aryl methyl sites for hydroxylation is 2. The van der Waals surface area contributed by atoms with Gasteiger partial charge in [0.15, 0.2) is 0 Å². The van der Waals surface area contributed by atoms with Gasteiger partial charge in [-0.15, -0.1) is 0 Å². The first-order valence-corrected chi connectivity index (χ1v) is 6.54. The fourth-order valence-electron chi connectivity index (χ4n) is 2.58. The predicted octanol–water partition coefficient (Wildman–Crippen LogP) is 3.48. The maximum absolute atomic E-state index is 6.13. The molecule has 96 valence electrons. The zero-order valence-electron chi connectivity index (χ0n) is 11.2. The Morgan fingerprint density at radius 2 is 1.89 bits per heavy atom. The van der Waals surface area contributed by atoms with Crippen LogP contribution >= 0.6 is 0 Å². The molecule has 2 N–H and O–H groups in total. The van der Waals surface area contributed by atoms with E-state index < -0.39 is 0 Å². The summed E-state index contributed by atoms with van der Waals surface area (Å²) in [6.45, 7) is 4.25. The van der Waals surface area contributed by atoms with E-state index in [0.717, 1.165) is 23.1 Å². The summed E-state index contributed by atoms with van der Waals surface area (Å²) in [7, 11) is 0. The van der Waals surface area contributed by atoms with Crippen LogP contribution in [0.4, 0.5) is 5.95 Å². The van der Waals surface area contributed by atoms with Gasteiger partial charge < -0.3 is 5.73 Å². The molecule has 1 heterocycles. The van der Waals surface area contributed by atoms with Crippen molar-refractivity contribution in [1.82, 2.24) is 9.55 Å². The van der Waals surface area contributed by atoms with Gasteiger partial charge in [-0.05, 0) is 36.6 Å². The molecule has 0 bridgehead atoms. The van der Waals surface area contributed by atoms with E-state index in [1.165, 1.54) is 11.1 Å². The highest BCUT2D eigenvalue weighted by Gasteiger charge is 2.13. The normalized spacial score (nSPS) is 11.1. The van der Waals surface area contributed by atoms with Gasteiger partial charge >= 0.3 is 0 Å². The molecule has 0 aliphatic heterocycles. The van der Waals surface area contributed by atoms with Crippen molar-refractivity contribution in [3.05, 3.63) is 53.6 Å². The molecule has 0 amide bonds. The molecule has 3 rings (SSSR count). The smallest absolute Gasteiger partial charge is 0.205 e. The highest BCUT2D eigenvalue weighted by atomic mass is 15.2. The highest BCUT2D eigenvalue weighted by molar-refractivity contribution is 5.84. The van der Waals surface area contributed by atoms with Crippen LogP contribution in [-0.4, -0.2) is 9.55 Å². The van der Waals surface area contributed by atoms with E-state index in [1.807, 2.05) is 18.2 Å². The predicted molar refractivity (Wildman–Crippen MR) is 79.6 cm³/mol. The molecule has 19 heavy (non-hydrogen) atoms. The number of imidazole rings is 1. The van der Waals surface area contributed by atoms with Crippen LogP contribution in [0.3, 0.4) is 0 Å². The van der Waals surface area contributed by atoms with Gasteiger partial charge in [-0.25, -0.2) is 4.98 Å². The molecule has 0 aliphatic rings. The first kappa shape index (κ1) is 11.8. The number of rotatable bonds is 2. The monoisotopic (exact) mass is 251 g/mol. The number of aromatic nitrogens is 2. The largest absolute Gasteiger partial charge is 0.369 e. The Hall–Kier alpha value is -2.29. The minimum Gasteiger partial charge on any atom is -0.369 e. The Morgan fingerprint density at radius 1 is 1.11 bits per heavy atom. The summed E-state index contributed by atoms with van der Waals surface area (Å²) < 4.78 is 2.06. The second-order valence-corrected chi connectivity index (χ2v) is 4.73. The Balaban J connectivity index is 2.39. The molecule has 0 saturated heterocycles. The lowest BCUT2D eigenvalue weighted by atomic mass is 10.1. The number of nitrogens with zero attached hydrogens (tertiary/aromatic N) is 2. The summed E-state index contributed by atoms with van der Waals surface area (Å²) in [5, 5.41) is 0. The molecule has 0 aliphatic carbocycles. The molecule has 1 aromatic heterocycles. The molecule has 0 unspecified atom stereocenters. The Kier molecular flexibility index (Phi) is 2.75. The average Bonchev–Trinajstić information content (AvgIpc) is 2.76. The van der Waals surface area contributed by atoms with Gasteiger partial charge in [0, 0.05) is 0 Å². The van der Waals surface area contributed by atoms with Crippen molar-refractivity contribution in [3.8, 4) is 5.69 Å². The third-order valence-electron chi connectivity index (χ3n) is 3.52. The van der Waals surface area contributed by atoms with Gasteiger partial charge in [-0.1, -0.05) is 37.3 Å². The number of para-hydroxylation sites is 2. The second kappa shape index (κ2) is 4.43. The van der Waals surface area contributed by atoms with Crippen LogP contribution in [0.2, 0.25) is 0 Å². The maximum Gasteiger partial charge on any atom is 0.205 e. The Labute approximate surface area is 112 Å². The molecule has 0 spiro atoms. The van der Waals surface area contributed by atoms with Gasteiger partial charge in [0.05, 0.1) is 16.7 Å². The summed E-state index contributed by atoms with van der Waals surface area (Å²) in [4.78, 5) is 4.47. The van der Waals surface area contributed by atoms with Gasteiger partial charge in [-0.2, -0.15) is 0 Å². The van der Waals surface area contributed by atoms with Crippen molar-refractivity contribution in [2.45, 2.75) is 20.3 Å². The van der Waals surface area contributed by atoms with Crippen molar-refractivity contribution in [3.63, 3.8) is 0 Å². The van der Waals surface area contributed by atoms with E-state index in [4.69, 9.17) is 5.73 Å². The summed E-state index contributed by atoms with van der Waals surface area (Å²) in [6.07, 6.45) is 0.973. The molecule has 3 heteroatoms. The first-order chi connectivity index (χ1) is 9.22. The Bertz CT molecular complexity index is 741. The Morgan fingerprint density at radius 3 is 2.68 bits per heavy atom. The molecule has 3 aromatic rings. The van der Waals surface area contributed by atoms with E-state index in [-0.39, 0.29) is 0 Å². The van der Waals surface area contributed by atoms with Crippen LogP contribution < -0.4 is 5.73 Å². The van der Waals surface area contributed by atoms with Crippen molar-refractivity contribution < 1.29 is 0 Å². The number of hydrogen-bond acceptors (Lipinski definition) is 2. The maximum atomic E-state index is 6.13. The molecule has 0 radical (unpaired) electrons. The number of anilines is 1. The van der Waals surface area contributed by atoms with Crippen molar-refractivity contribution in [2.75, 3.05) is 5.73 Å². The third-order valence-corrected chi connectivity index (χ3v) is 3.52. The van der Waals surface area contributed by atoms with E-state index in [9.17, 15) is 0 Å². The fraction of sp³-hybridized carbons (Fsp3) is 0.188. The molecule has 0 atom stereocenters. The standard InChI is InChI=1S/C16H17N3/c1-3-12-8-4-5-10-14(12)19-15-11(2)7-6-9-13(15)18-16(19)17/h4-10H,3H2,1-2H3,(H2,17,18).